The highest BCUT2D eigenvalue weighted by Gasteiger charge is 2.50. The van der Waals surface area contributed by atoms with Crippen molar-refractivity contribution in [3.63, 3.8) is 0 Å². The number of nitrogens with two attached hydrogens (primary N) is 1. The van der Waals surface area contributed by atoms with Crippen LogP contribution in [0.1, 0.15) is 19.8 Å². The van der Waals surface area contributed by atoms with Crippen LogP contribution in [0.3, 0.4) is 0 Å². The molecule has 0 heterocycles. The fraction of sp³-hybridized carbons (Fsp3) is 0.556. The molecule has 1 heteroatoms. The van der Waals surface area contributed by atoms with Gasteiger partial charge in [0.2, 0.25) is 0 Å². The van der Waals surface area contributed by atoms with Gasteiger partial charge in [0.05, 0.1) is 0 Å². The van der Waals surface area contributed by atoms with Crippen molar-refractivity contribution >= 4 is 0 Å². The molecule has 1 nitrogen and oxygen atoms in total. The third-order valence-corrected chi connectivity index (χ3v) is 2.84. The lowest BCUT2D eigenvalue weighted by Gasteiger charge is -2.11. The lowest BCUT2D eigenvalue weighted by atomic mass is 9.96. The van der Waals surface area contributed by atoms with Crippen LogP contribution in [-0.4, -0.2) is 0 Å². The van der Waals surface area contributed by atoms with E-state index in [1.54, 1.807) is 0 Å². The van der Waals surface area contributed by atoms with Gasteiger partial charge in [-0.05, 0) is 30.3 Å². The molecule has 0 bridgehead atoms. The molecule has 2 unspecified atom stereocenters. The maximum absolute atomic E-state index is 5.64. The molecule has 0 spiro atoms. The summed E-state index contributed by atoms with van der Waals surface area (Å²) in [5, 5.41) is 0. The van der Waals surface area contributed by atoms with Crippen LogP contribution in [0.15, 0.2) is 23.9 Å². The molecule has 2 N–H and O–H groups in total. The van der Waals surface area contributed by atoms with Gasteiger partial charge < -0.3 is 5.73 Å². The summed E-state index contributed by atoms with van der Waals surface area (Å²) in [5.41, 5.74) is 7.12. The molecule has 2 aliphatic rings. The largest absolute Gasteiger partial charge is 0.399 e. The van der Waals surface area contributed by atoms with E-state index in [-0.39, 0.29) is 0 Å². The standard InChI is InChI=1S/C9H13N/c1-2-9-4-3-8(10)5-7(9)6-9/h3-5,7H,2,6,10H2,1H3. The van der Waals surface area contributed by atoms with Crippen LogP contribution in [-0.2, 0) is 0 Å². The van der Waals surface area contributed by atoms with Crippen LogP contribution in [0.5, 0.6) is 0 Å². The molecule has 10 heavy (non-hydrogen) atoms. The zero-order valence-electron chi connectivity index (χ0n) is 6.30. The molecule has 0 radical (unpaired) electrons. The maximum atomic E-state index is 5.64. The minimum Gasteiger partial charge on any atom is -0.399 e. The highest BCUT2D eigenvalue weighted by atomic mass is 14.6. The number of hydrogen-bond acceptors (Lipinski definition) is 1. The highest BCUT2D eigenvalue weighted by Crippen LogP contribution is 2.58. The zero-order valence-corrected chi connectivity index (χ0v) is 6.30. The summed E-state index contributed by atoms with van der Waals surface area (Å²) in [7, 11) is 0. The van der Waals surface area contributed by atoms with Crippen molar-refractivity contribution in [2.45, 2.75) is 19.8 Å². The Labute approximate surface area is 61.6 Å². The Morgan fingerprint density at radius 2 is 2.60 bits per heavy atom. The Morgan fingerprint density at radius 1 is 1.80 bits per heavy atom. The van der Waals surface area contributed by atoms with Crippen molar-refractivity contribution in [3.05, 3.63) is 23.9 Å². The van der Waals surface area contributed by atoms with Gasteiger partial charge in [-0.15, -0.1) is 0 Å². The summed E-state index contributed by atoms with van der Waals surface area (Å²) >= 11 is 0. The minimum absolute atomic E-state index is 0.531. The van der Waals surface area contributed by atoms with Crippen LogP contribution in [0.2, 0.25) is 0 Å². The first kappa shape index (κ1) is 6.02. The molecule has 2 atom stereocenters. The monoisotopic (exact) mass is 135 g/mol. The summed E-state index contributed by atoms with van der Waals surface area (Å²) in [6.07, 6.45) is 9.11. The molecule has 1 fully saturated rings. The van der Waals surface area contributed by atoms with Gasteiger partial charge in [0, 0.05) is 5.70 Å². The third-order valence-electron chi connectivity index (χ3n) is 2.84. The molecule has 1 saturated carbocycles. The average molecular weight is 135 g/mol. The van der Waals surface area contributed by atoms with Gasteiger partial charge in [-0.3, -0.25) is 0 Å². The van der Waals surface area contributed by atoms with Crippen molar-refractivity contribution in [2.75, 3.05) is 0 Å². The van der Waals surface area contributed by atoms with Gasteiger partial charge >= 0.3 is 0 Å². The van der Waals surface area contributed by atoms with E-state index in [9.17, 15) is 0 Å². The molecule has 0 aromatic rings. The van der Waals surface area contributed by atoms with Crippen LogP contribution in [0, 0.1) is 11.3 Å². The predicted molar refractivity (Wildman–Crippen MR) is 42.2 cm³/mol. The quantitative estimate of drug-likeness (QED) is 0.583. The van der Waals surface area contributed by atoms with Gasteiger partial charge in [-0.2, -0.15) is 0 Å². The Kier molecular flexibility index (Phi) is 0.997. The summed E-state index contributed by atoms with van der Waals surface area (Å²) in [6.45, 7) is 2.25. The van der Waals surface area contributed by atoms with Crippen molar-refractivity contribution < 1.29 is 0 Å². The molecular formula is C9H13N. The van der Waals surface area contributed by atoms with Crippen molar-refractivity contribution in [1.82, 2.24) is 0 Å². The second-order valence-corrected chi connectivity index (χ2v) is 3.40. The first-order valence-electron chi connectivity index (χ1n) is 3.93. The van der Waals surface area contributed by atoms with Crippen molar-refractivity contribution in [2.24, 2.45) is 17.1 Å². The first-order valence-corrected chi connectivity index (χ1v) is 3.93. The molecule has 0 aromatic carbocycles. The Bertz CT molecular complexity index is 215. The number of rotatable bonds is 1. The lowest BCUT2D eigenvalue weighted by molar-refractivity contribution is 0.582. The van der Waals surface area contributed by atoms with E-state index < -0.39 is 0 Å². The molecule has 0 amide bonds. The number of hydrogen-bond donors (Lipinski definition) is 1. The van der Waals surface area contributed by atoms with Crippen LogP contribution in [0.25, 0.3) is 0 Å². The average Bonchev–Trinajstić information content (AvgIpc) is 2.62. The van der Waals surface area contributed by atoms with Crippen LogP contribution in [0.4, 0.5) is 0 Å². The predicted octanol–water partition coefficient (Wildman–Crippen LogP) is 1.82. The Balaban J connectivity index is 2.23. The molecule has 0 aromatic heterocycles. The van der Waals surface area contributed by atoms with Gasteiger partial charge in [-0.25, -0.2) is 0 Å². The molecular weight excluding hydrogens is 122 g/mol. The molecule has 0 saturated heterocycles. The van der Waals surface area contributed by atoms with E-state index >= 15 is 0 Å². The van der Waals surface area contributed by atoms with E-state index in [1.807, 2.05) is 6.08 Å². The van der Waals surface area contributed by atoms with Gasteiger partial charge in [0.1, 0.15) is 0 Å². The summed E-state index contributed by atoms with van der Waals surface area (Å²) < 4.78 is 0. The van der Waals surface area contributed by atoms with Crippen molar-refractivity contribution in [3.8, 4) is 0 Å². The molecule has 0 aliphatic heterocycles. The minimum atomic E-state index is 0.531. The normalized spacial score (nSPS) is 42.5. The van der Waals surface area contributed by atoms with E-state index in [2.05, 4.69) is 19.1 Å². The SMILES string of the molecule is CCC12C=CC(N)=CC1C2. The second kappa shape index (κ2) is 1.66. The first-order chi connectivity index (χ1) is 4.77. The van der Waals surface area contributed by atoms with Gasteiger partial charge in [0.15, 0.2) is 0 Å². The van der Waals surface area contributed by atoms with E-state index in [4.69, 9.17) is 5.73 Å². The van der Waals surface area contributed by atoms with Crippen LogP contribution < -0.4 is 5.73 Å². The fourth-order valence-electron chi connectivity index (χ4n) is 1.84. The zero-order chi connectivity index (χ0) is 7.19. The van der Waals surface area contributed by atoms with Crippen molar-refractivity contribution in [1.29, 1.82) is 0 Å². The molecule has 2 aliphatic carbocycles. The topological polar surface area (TPSA) is 26.0 Å². The summed E-state index contributed by atoms with van der Waals surface area (Å²) in [5.74, 6) is 0.766. The molecule has 2 rings (SSSR count). The lowest BCUT2D eigenvalue weighted by Crippen LogP contribution is -2.05. The van der Waals surface area contributed by atoms with E-state index in [0.717, 1.165) is 11.6 Å². The van der Waals surface area contributed by atoms with Gasteiger partial charge in [-0.1, -0.05) is 19.1 Å². The Hall–Kier alpha value is -0.720. The van der Waals surface area contributed by atoms with Crippen LogP contribution >= 0.6 is 0 Å². The Morgan fingerprint density at radius 3 is 3.20 bits per heavy atom. The molecule has 54 valence electrons. The van der Waals surface area contributed by atoms with Gasteiger partial charge in [0.25, 0.3) is 0 Å². The van der Waals surface area contributed by atoms with E-state index in [1.165, 1.54) is 12.8 Å². The van der Waals surface area contributed by atoms with E-state index in [0.29, 0.717) is 5.41 Å². The number of allylic oxidation sites excluding steroid dienone is 3. The number of fused-ring (bicyclic) bond motifs is 1. The fourth-order valence-corrected chi connectivity index (χ4v) is 1.84. The third kappa shape index (κ3) is 0.634. The second-order valence-electron chi connectivity index (χ2n) is 3.40. The smallest absolute Gasteiger partial charge is 0.0273 e. The highest BCUT2D eigenvalue weighted by molar-refractivity contribution is 5.33. The summed E-state index contributed by atoms with van der Waals surface area (Å²) in [6, 6.07) is 0. The summed E-state index contributed by atoms with van der Waals surface area (Å²) in [4.78, 5) is 0. The maximum Gasteiger partial charge on any atom is 0.0273 e.